The molecule has 0 atom stereocenters. The van der Waals surface area contributed by atoms with E-state index in [-0.39, 0.29) is 5.56 Å². The second kappa shape index (κ2) is 5.44. The van der Waals surface area contributed by atoms with Crippen molar-refractivity contribution >= 4 is 17.1 Å². The van der Waals surface area contributed by atoms with Crippen LogP contribution in [-0.4, -0.2) is 0 Å². The van der Waals surface area contributed by atoms with Crippen LogP contribution in [0.1, 0.15) is 16.7 Å². The van der Waals surface area contributed by atoms with Crippen molar-refractivity contribution in [3.8, 4) is 18.2 Å². The van der Waals surface area contributed by atoms with Gasteiger partial charge in [0.05, 0.1) is 28.1 Å². The van der Waals surface area contributed by atoms with Crippen molar-refractivity contribution in [2.24, 2.45) is 0 Å². The van der Waals surface area contributed by atoms with Crippen molar-refractivity contribution in [3.63, 3.8) is 0 Å². The lowest BCUT2D eigenvalue weighted by Gasteiger charge is -2.10. The molecule has 0 unspecified atom stereocenters. The summed E-state index contributed by atoms with van der Waals surface area (Å²) in [6.45, 7) is 0. The number of nitriles is 3. The van der Waals surface area contributed by atoms with Crippen molar-refractivity contribution in [2.75, 3.05) is 11.1 Å². The molecule has 2 rings (SSSR count). The van der Waals surface area contributed by atoms with E-state index in [9.17, 15) is 0 Å². The number of benzene rings is 2. The normalized spacial score (nSPS) is 9.05. The van der Waals surface area contributed by atoms with Gasteiger partial charge >= 0.3 is 0 Å². The third-order valence-electron chi connectivity index (χ3n) is 2.77. The maximum Gasteiger partial charge on any atom is 0.101 e. The monoisotopic (exact) mass is 259 g/mol. The second-order valence-electron chi connectivity index (χ2n) is 3.99. The average molecular weight is 259 g/mol. The van der Waals surface area contributed by atoms with Gasteiger partial charge in [-0.3, -0.25) is 0 Å². The highest BCUT2D eigenvalue weighted by atomic mass is 14.9. The summed E-state index contributed by atoms with van der Waals surface area (Å²) in [5, 5.41) is 29.8. The summed E-state index contributed by atoms with van der Waals surface area (Å²) < 4.78 is 0. The van der Waals surface area contributed by atoms with Crippen LogP contribution in [-0.2, 0) is 0 Å². The number of nitrogens with zero attached hydrogens (tertiary/aromatic N) is 3. The molecule has 2 aromatic carbocycles. The number of anilines is 3. The first kappa shape index (κ1) is 13.0. The molecule has 0 fully saturated rings. The number of para-hydroxylation sites is 1. The van der Waals surface area contributed by atoms with Gasteiger partial charge < -0.3 is 11.1 Å². The van der Waals surface area contributed by atoms with Crippen molar-refractivity contribution in [2.45, 2.75) is 0 Å². The third-order valence-corrected chi connectivity index (χ3v) is 2.77. The summed E-state index contributed by atoms with van der Waals surface area (Å²) in [6.07, 6.45) is 0. The molecule has 94 valence electrons. The highest BCUT2D eigenvalue weighted by Crippen LogP contribution is 2.26. The van der Waals surface area contributed by atoms with E-state index in [2.05, 4.69) is 5.32 Å². The SMILES string of the molecule is N#Cc1ccc(Nc2cccc(C#N)c2N)cc1C#N. The molecule has 0 aromatic heterocycles. The van der Waals surface area contributed by atoms with Crippen LogP contribution < -0.4 is 11.1 Å². The van der Waals surface area contributed by atoms with Gasteiger partial charge in [0.2, 0.25) is 0 Å². The molecule has 5 heteroatoms. The standard InChI is InChI=1S/C15H9N5/c16-7-10-4-5-13(6-12(10)9-18)20-14-3-1-2-11(8-17)15(14)19/h1-6,20H,19H2. The molecular weight excluding hydrogens is 250 g/mol. The molecule has 0 spiro atoms. The van der Waals surface area contributed by atoms with Crippen LogP contribution in [0.3, 0.4) is 0 Å². The number of nitrogens with two attached hydrogens (primary N) is 1. The highest BCUT2D eigenvalue weighted by Gasteiger charge is 2.07. The maximum atomic E-state index is 8.98. The molecule has 0 bridgehead atoms. The number of hydrogen-bond donors (Lipinski definition) is 2. The Hall–Kier alpha value is -3.49. The van der Waals surface area contributed by atoms with Crippen molar-refractivity contribution < 1.29 is 0 Å². The van der Waals surface area contributed by atoms with Crippen LogP contribution >= 0.6 is 0 Å². The molecule has 2 aromatic rings. The van der Waals surface area contributed by atoms with Crippen molar-refractivity contribution in [1.29, 1.82) is 15.8 Å². The molecule has 0 heterocycles. The predicted octanol–water partition coefficient (Wildman–Crippen LogP) is 2.63. The van der Waals surface area contributed by atoms with E-state index in [0.717, 1.165) is 0 Å². The van der Waals surface area contributed by atoms with Crippen LogP contribution in [0.25, 0.3) is 0 Å². The van der Waals surface area contributed by atoms with Crippen LogP contribution in [0.5, 0.6) is 0 Å². The second-order valence-corrected chi connectivity index (χ2v) is 3.99. The first-order chi connectivity index (χ1) is 9.69. The number of hydrogen-bond acceptors (Lipinski definition) is 5. The molecule has 0 radical (unpaired) electrons. The Balaban J connectivity index is 2.40. The van der Waals surface area contributed by atoms with Crippen LogP contribution in [0.4, 0.5) is 17.1 Å². The molecule has 0 saturated carbocycles. The first-order valence-corrected chi connectivity index (χ1v) is 5.69. The van der Waals surface area contributed by atoms with E-state index in [4.69, 9.17) is 21.5 Å². The highest BCUT2D eigenvalue weighted by molar-refractivity contribution is 5.77. The summed E-state index contributed by atoms with van der Waals surface area (Å²) >= 11 is 0. The summed E-state index contributed by atoms with van der Waals surface area (Å²) in [5.74, 6) is 0. The van der Waals surface area contributed by atoms with E-state index in [1.54, 1.807) is 36.4 Å². The molecule has 3 N–H and O–H groups in total. The molecule has 0 aliphatic rings. The van der Waals surface area contributed by atoms with E-state index in [1.165, 1.54) is 0 Å². The van der Waals surface area contributed by atoms with Gasteiger partial charge in [-0.25, -0.2) is 0 Å². The zero-order chi connectivity index (χ0) is 14.5. The van der Waals surface area contributed by atoms with E-state index < -0.39 is 0 Å². The van der Waals surface area contributed by atoms with Crippen LogP contribution in [0, 0.1) is 34.0 Å². The lowest BCUT2D eigenvalue weighted by molar-refractivity contribution is 1.42. The van der Waals surface area contributed by atoms with Gasteiger partial charge in [0.25, 0.3) is 0 Å². The molecule has 20 heavy (non-hydrogen) atoms. The average Bonchev–Trinajstić information content (AvgIpc) is 2.49. The summed E-state index contributed by atoms with van der Waals surface area (Å²) in [5.41, 5.74) is 8.40. The zero-order valence-electron chi connectivity index (χ0n) is 10.4. The molecule has 0 amide bonds. The fraction of sp³-hybridized carbons (Fsp3) is 0. The minimum Gasteiger partial charge on any atom is -0.396 e. The predicted molar refractivity (Wildman–Crippen MR) is 74.7 cm³/mol. The van der Waals surface area contributed by atoms with E-state index in [0.29, 0.717) is 28.2 Å². The third kappa shape index (κ3) is 2.36. The maximum absolute atomic E-state index is 8.98. The Morgan fingerprint density at radius 2 is 1.55 bits per heavy atom. The van der Waals surface area contributed by atoms with Crippen LogP contribution in [0.2, 0.25) is 0 Å². The molecule has 0 aliphatic carbocycles. The minimum atomic E-state index is 0.285. The van der Waals surface area contributed by atoms with Crippen molar-refractivity contribution in [1.82, 2.24) is 0 Å². The van der Waals surface area contributed by atoms with Gasteiger partial charge in [-0.05, 0) is 30.3 Å². The Morgan fingerprint density at radius 3 is 2.20 bits per heavy atom. The quantitative estimate of drug-likeness (QED) is 0.805. The van der Waals surface area contributed by atoms with Gasteiger partial charge in [-0.1, -0.05) is 6.07 Å². The Labute approximate surface area is 116 Å². The number of nitrogens with one attached hydrogen (secondary N) is 1. The molecule has 5 nitrogen and oxygen atoms in total. The van der Waals surface area contributed by atoms with Gasteiger partial charge in [0, 0.05) is 5.69 Å². The molecule has 0 saturated heterocycles. The Morgan fingerprint density at radius 1 is 0.850 bits per heavy atom. The molecular formula is C15H9N5. The number of nitrogen functional groups attached to an aromatic ring is 1. The first-order valence-electron chi connectivity index (χ1n) is 5.69. The van der Waals surface area contributed by atoms with Crippen LogP contribution in [0.15, 0.2) is 36.4 Å². The Bertz CT molecular complexity index is 787. The number of rotatable bonds is 2. The smallest absolute Gasteiger partial charge is 0.101 e. The van der Waals surface area contributed by atoms with Gasteiger partial charge in [-0.2, -0.15) is 15.8 Å². The minimum absolute atomic E-state index is 0.285. The fourth-order valence-electron chi connectivity index (χ4n) is 1.74. The fourth-order valence-corrected chi connectivity index (χ4v) is 1.74. The molecule has 0 aliphatic heterocycles. The summed E-state index contributed by atoms with van der Waals surface area (Å²) in [7, 11) is 0. The Kier molecular flexibility index (Phi) is 3.52. The van der Waals surface area contributed by atoms with Gasteiger partial charge in [0.15, 0.2) is 0 Å². The van der Waals surface area contributed by atoms with Crippen molar-refractivity contribution in [3.05, 3.63) is 53.1 Å². The largest absolute Gasteiger partial charge is 0.396 e. The zero-order valence-corrected chi connectivity index (χ0v) is 10.4. The van der Waals surface area contributed by atoms with Gasteiger partial charge in [0.1, 0.15) is 18.2 Å². The lowest BCUT2D eigenvalue weighted by atomic mass is 10.1. The van der Waals surface area contributed by atoms with E-state index >= 15 is 0 Å². The summed E-state index contributed by atoms with van der Waals surface area (Å²) in [4.78, 5) is 0. The van der Waals surface area contributed by atoms with E-state index in [1.807, 2.05) is 18.2 Å². The van der Waals surface area contributed by atoms with Gasteiger partial charge in [-0.15, -0.1) is 0 Å². The lowest BCUT2D eigenvalue weighted by Crippen LogP contribution is -1.99. The summed E-state index contributed by atoms with van der Waals surface area (Å²) in [6, 6.07) is 15.8. The topological polar surface area (TPSA) is 109 Å².